The van der Waals surface area contributed by atoms with Crippen LogP contribution >= 0.6 is 0 Å². The van der Waals surface area contributed by atoms with Gasteiger partial charge in [0.05, 0.1) is 0 Å². The molecule has 0 aliphatic carbocycles. The second kappa shape index (κ2) is 6.27. The third kappa shape index (κ3) is 2.88. The number of fused-ring (bicyclic) bond motifs is 1. The molecule has 5 nitrogen and oxygen atoms in total. The molecule has 5 heteroatoms. The highest BCUT2D eigenvalue weighted by Gasteiger charge is 2.18. The van der Waals surface area contributed by atoms with Crippen molar-refractivity contribution in [2.24, 2.45) is 5.73 Å². The van der Waals surface area contributed by atoms with Gasteiger partial charge in [0.2, 0.25) is 6.79 Å². The van der Waals surface area contributed by atoms with Gasteiger partial charge < -0.3 is 24.9 Å². The normalized spacial score (nSPS) is 13.9. The molecule has 0 spiro atoms. The van der Waals surface area contributed by atoms with Crippen LogP contribution in [0.25, 0.3) is 11.3 Å². The Labute approximate surface area is 146 Å². The van der Waals surface area contributed by atoms with Gasteiger partial charge in [-0.2, -0.15) is 0 Å². The number of aliphatic hydroxyl groups excluding tert-OH is 1. The molecular weight excluding hydrogens is 316 g/mol. The highest BCUT2D eigenvalue weighted by Crippen LogP contribution is 2.34. The summed E-state index contributed by atoms with van der Waals surface area (Å²) in [5.74, 6) is 1.54. The third-order valence-corrected chi connectivity index (χ3v) is 4.57. The zero-order valence-electron chi connectivity index (χ0n) is 14.0. The minimum atomic E-state index is -1.000. The SMILES string of the molecule is Cc1c(C(N)O)cc(-c2ccccc2)n1Cc1ccc2c(c1)OCO2. The molecule has 3 N–H and O–H groups in total. The quantitative estimate of drug-likeness (QED) is 0.718. The average molecular weight is 336 g/mol. The van der Waals surface area contributed by atoms with Gasteiger partial charge in [-0.05, 0) is 36.2 Å². The second-order valence-corrected chi connectivity index (χ2v) is 6.15. The van der Waals surface area contributed by atoms with Crippen molar-refractivity contribution in [2.45, 2.75) is 19.7 Å². The van der Waals surface area contributed by atoms with Crippen molar-refractivity contribution in [3.05, 3.63) is 71.4 Å². The number of aromatic nitrogens is 1. The summed E-state index contributed by atoms with van der Waals surface area (Å²) < 4.78 is 13.0. The molecule has 1 aliphatic heterocycles. The van der Waals surface area contributed by atoms with Crippen LogP contribution in [-0.4, -0.2) is 16.5 Å². The second-order valence-electron chi connectivity index (χ2n) is 6.15. The van der Waals surface area contributed by atoms with E-state index in [0.29, 0.717) is 6.54 Å². The van der Waals surface area contributed by atoms with Crippen LogP contribution in [0.1, 0.15) is 23.0 Å². The molecule has 0 saturated carbocycles. The van der Waals surface area contributed by atoms with Crippen molar-refractivity contribution in [1.82, 2.24) is 4.57 Å². The first-order chi connectivity index (χ1) is 12.1. The van der Waals surface area contributed by atoms with Crippen LogP contribution in [0.3, 0.4) is 0 Å². The zero-order chi connectivity index (χ0) is 17.4. The van der Waals surface area contributed by atoms with Crippen LogP contribution in [0, 0.1) is 6.92 Å². The van der Waals surface area contributed by atoms with Crippen molar-refractivity contribution < 1.29 is 14.6 Å². The Bertz CT molecular complexity index is 901. The fourth-order valence-electron chi connectivity index (χ4n) is 3.24. The highest BCUT2D eigenvalue weighted by molar-refractivity contribution is 5.63. The van der Waals surface area contributed by atoms with Gasteiger partial charge >= 0.3 is 0 Å². The molecule has 1 unspecified atom stereocenters. The van der Waals surface area contributed by atoms with Gasteiger partial charge in [-0.1, -0.05) is 36.4 Å². The summed E-state index contributed by atoms with van der Waals surface area (Å²) in [6.07, 6.45) is -1.000. The Kier molecular flexibility index (Phi) is 3.95. The van der Waals surface area contributed by atoms with E-state index in [-0.39, 0.29) is 6.79 Å². The van der Waals surface area contributed by atoms with Crippen LogP contribution in [0.15, 0.2) is 54.6 Å². The number of rotatable bonds is 4. The van der Waals surface area contributed by atoms with Gasteiger partial charge in [-0.3, -0.25) is 0 Å². The average Bonchev–Trinajstić information content (AvgIpc) is 3.21. The largest absolute Gasteiger partial charge is 0.454 e. The number of ether oxygens (including phenoxy) is 2. The summed E-state index contributed by atoms with van der Waals surface area (Å²) in [4.78, 5) is 0. The van der Waals surface area contributed by atoms with E-state index in [9.17, 15) is 5.11 Å². The summed E-state index contributed by atoms with van der Waals surface area (Å²) in [7, 11) is 0. The predicted molar refractivity (Wildman–Crippen MR) is 95.4 cm³/mol. The zero-order valence-corrected chi connectivity index (χ0v) is 14.0. The van der Waals surface area contributed by atoms with E-state index < -0.39 is 6.23 Å². The molecular formula is C20H20N2O3. The van der Waals surface area contributed by atoms with Crippen molar-refractivity contribution in [2.75, 3.05) is 6.79 Å². The molecule has 4 rings (SSSR count). The fourth-order valence-corrected chi connectivity index (χ4v) is 3.24. The number of nitrogens with two attached hydrogens (primary N) is 1. The lowest BCUT2D eigenvalue weighted by atomic mass is 10.1. The van der Waals surface area contributed by atoms with E-state index in [2.05, 4.69) is 16.7 Å². The minimum absolute atomic E-state index is 0.264. The predicted octanol–water partition coefficient (Wildman–Crippen LogP) is 3.19. The van der Waals surface area contributed by atoms with Gasteiger partial charge in [0.15, 0.2) is 11.5 Å². The van der Waals surface area contributed by atoms with Gasteiger partial charge in [0, 0.05) is 23.5 Å². The van der Waals surface area contributed by atoms with E-state index in [1.807, 2.05) is 49.4 Å². The van der Waals surface area contributed by atoms with Crippen molar-refractivity contribution in [3.8, 4) is 22.8 Å². The monoisotopic (exact) mass is 336 g/mol. The first-order valence-electron chi connectivity index (χ1n) is 8.21. The molecule has 1 aromatic heterocycles. The van der Waals surface area contributed by atoms with Crippen LogP contribution in [0.4, 0.5) is 0 Å². The number of hydrogen-bond acceptors (Lipinski definition) is 4. The molecule has 0 radical (unpaired) electrons. The molecule has 2 aromatic carbocycles. The Morgan fingerprint density at radius 3 is 2.60 bits per heavy atom. The van der Waals surface area contributed by atoms with Crippen LogP contribution < -0.4 is 15.2 Å². The van der Waals surface area contributed by atoms with Crippen molar-refractivity contribution in [3.63, 3.8) is 0 Å². The van der Waals surface area contributed by atoms with Crippen LogP contribution in [-0.2, 0) is 6.54 Å². The topological polar surface area (TPSA) is 69.6 Å². The molecule has 0 saturated heterocycles. The minimum Gasteiger partial charge on any atom is -0.454 e. The summed E-state index contributed by atoms with van der Waals surface area (Å²) in [6, 6.07) is 18.0. The first kappa shape index (κ1) is 15.7. The highest BCUT2D eigenvalue weighted by atomic mass is 16.7. The fraction of sp³-hybridized carbons (Fsp3) is 0.200. The molecule has 0 fully saturated rings. The lowest BCUT2D eigenvalue weighted by Crippen LogP contribution is -2.10. The van der Waals surface area contributed by atoms with E-state index in [1.54, 1.807) is 0 Å². The van der Waals surface area contributed by atoms with E-state index in [1.165, 1.54) is 0 Å². The first-order valence-corrected chi connectivity index (χ1v) is 8.21. The van der Waals surface area contributed by atoms with Gasteiger partial charge in [0.25, 0.3) is 0 Å². The number of aliphatic hydroxyl groups is 1. The molecule has 3 aromatic rings. The number of nitrogens with zero attached hydrogens (tertiary/aromatic N) is 1. The van der Waals surface area contributed by atoms with E-state index in [0.717, 1.165) is 39.6 Å². The lowest BCUT2D eigenvalue weighted by molar-refractivity contribution is 0.174. The molecule has 128 valence electrons. The molecule has 0 bridgehead atoms. The van der Waals surface area contributed by atoms with Gasteiger partial charge in [0.1, 0.15) is 6.23 Å². The summed E-state index contributed by atoms with van der Waals surface area (Å²) in [5.41, 5.74) is 10.6. The smallest absolute Gasteiger partial charge is 0.231 e. The standard InChI is InChI=1S/C20H20N2O3/c1-13-16(20(21)23)10-17(15-5-3-2-4-6-15)22(13)11-14-7-8-18-19(9-14)25-12-24-18/h2-10,20,23H,11-12,21H2,1H3. The molecule has 1 aliphatic rings. The summed E-state index contributed by atoms with van der Waals surface area (Å²) >= 11 is 0. The molecule has 2 heterocycles. The Balaban J connectivity index is 1.77. The number of benzene rings is 2. The summed E-state index contributed by atoms with van der Waals surface area (Å²) in [5, 5.41) is 9.91. The van der Waals surface area contributed by atoms with Gasteiger partial charge in [-0.25, -0.2) is 0 Å². The van der Waals surface area contributed by atoms with Crippen molar-refractivity contribution in [1.29, 1.82) is 0 Å². The summed E-state index contributed by atoms with van der Waals surface area (Å²) in [6.45, 7) is 2.89. The Morgan fingerprint density at radius 1 is 1.08 bits per heavy atom. The third-order valence-electron chi connectivity index (χ3n) is 4.57. The maximum Gasteiger partial charge on any atom is 0.231 e. The number of hydrogen-bond donors (Lipinski definition) is 2. The van der Waals surface area contributed by atoms with Crippen LogP contribution in [0.5, 0.6) is 11.5 Å². The van der Waals surface area contributed by atoms with Gasteiger partial charge in [-0.15, -0.1) is 0 Å². The Hall–Kier alpha value is -2.76. The van der Waals surface area contributed by atoms with E-state index in [4.69, 9.17) is 15.2 Å². The molecule has 25 heavy (non-hydrogen) atoms. The lowest BCUT2D eigenvalue weighted by Gasteiger charge is -2.13. The molecule has 1 atom stereocenters. The maximum atomic E-state index is 9.91. The Morgan fingerprint density at radius 2 is 1.84 bits per heavy atom. The van der Waals surface area contributed by atoms with Crippen molar-refractivity contribution >= 4 is 0 Å². The maximum absolute atomic E-state index is 9.91. The molecule has 0 amide bonds. The van der Waals surface area contributed by atoms with E-state index >= 15 is 0 Å². The van der Waals surface area contributed by atoms with Crippen LogP contribution in [0.2, 0.25) is 0 Å².